The van der Waals surface area contributed by atoms with Crippen LogP contribution in [0.2, 0.25) is 0 Å². The molecule has 0 aliphatic heterocycles. The van der Waals surface area contributed by atoms with Gasteiger partial charge in [-0.2, -0.15) is 0 Å². The van der Waals surface area contributed by atoms with Crippen molar-refractivity contribution in [3.05, 3.63) is 18.7 Å². The second-order valence-corrected chi connectivity index (χ2v) is 5.48. The zero-order valence-corrected chi connectivity index (χ0v) is 15.9. The number of hydrogen-bond donors (Lipinski definition) is 1. The van der Waals surface area contributed by atoms with Crippen molar-refractivity contribution in [2.24, 2.45) is 10.9 Å². The Morgan fingerprint density at radius 1 is 1.50 bits per heavy atom. The van der Waals surface area contributed by atoms with Crippen LogP contribution >= 0.6 is 24.0 Å². The number of likely N-dealkylation sites (N-methyl/N-ethyl adjacent to an activating group) is 1. The van der Waals surface area contributed by atoms with Gasteiger partial charge < -0.3 is 19.5 Å². The highest BCUT2D eigenvalue weighted by molar-refractivity contribution is 14.0. The average Bonchev–Trinajstić information content (AvgIpc) is 3.17. The Kier molecular flexibility index (Phi) is 9.45. The number of nitrogens with one attached hydrogen (secondary N) is 1. The van der Waals surface area contributed by atoms with Gasteiger partial charge in [0, 0.05) is 45.7 Å². The fraction of sp³-hybridized carbons (Fsp3) is 0.733. The molecule has 1 aliphatic carbocycles. The van der Waals surface area contributed by atoms with Crippen molar-refractivity contribution >= 4 is 29.9 Å². The second kappa shape index (κ2) is 10.8. The molecule has 1 aliphatic rings. The van der Waals surface area contributed by atoms with Crippen molar-refractivity contribution in [1.82, 2.24) is 19.8 Å². The fourth-order valence-corrected chi connectivity index (χ4v) is 2.00. The van der Waals surface area contributed by atoms with E-state index in [0.29, 0.717) is 0 Å². The zero-order chi connectivity index (χ0) is 14.9. The highest BCUT2D eigenvalue weighted by atomic mass is 127. The number of ether oxygens (including phenoxy) is 1. The molecule has 0 radical (unpaired) electrons. The van der Waals surface area contributed by atoms with Gasteiger partial charge in [-0.15, -0.1) is 24.0 Å². The summed E-state index contributed by atoms with van der Waals surface area (Å²) in [5.74, 6) is 1.76. The highest BCUT2D eigenvalue weighted by Gasteiger charge is 2.21. The molecule has 1 aromatic rings. The van der Waals surface area contributed by atoms with Gasteiger partial charge in [-0.1, -0.05) is 0 Å². The first-order valence-corrected chi connectivity index (χ1v) is 7.82. The van der Waals surface area contributed by atoms with E-state index >= 15 is 0 Å². The molecule has 0 atom stereocenters. The van der Waals surface area contributed by atoms with Gasteiger partial charge in [-0.25, -0.2) is 4.98 Å². The summed E-state index contributed by atoms with van der Waals surface area (Å²) in [6, 6.07) is 0. The Morgan fingerprint density at radius 3 is 2.95 bits per heavy atom. The topological polar surface area (TPSA) is 54.7 Å². The van der Waals surface area contributed by atoms with Crippen LogP contribution in [0.15, 0.2) is 23.7 Å². The molecule has 7 heteroatoms. The van der Waals surface area contributed by atoms with Crippen molar-refractivity contribution < 1.29 is 4.74 Å². The van der Waals surface area contributed by atoms with Crippen LogP contribution in [0.25, 0.3) is 0 Å². The fourth-order valence-electron chi connectivity index (χ4n) is 2.00. The van der Waals surface area contributed by atoms with Crippen molar-refractivity contribution in [3.63, 3.8) is 0 Å². The molecule has 126 valence electrons. The molecule has 1 saturated carbocycles. The average molecular weight is 421 g/mol. The SMILES string of the molecule is CCNC(=NCCn1ccnc1)N(C)CCOCC1CC1.I. The molecule has 1 N–H and O–H groups in total. The van der Waals surface area contributed by atoms with Gasteiger partial charge in [0.15, 0.2) is 5.96 Å². The molecule has 0 spiro atoms. The Balaban J connectivity index is 0.00000242. The predicted molar refractivity (Wildman–Crippen MR) is 99.8 cm³/mol. The molecule has 1 fully saturated rings. The van der Waals surface area contributed by atoms with Crippen LogP contribution in [-0.2, 0) is 11.3 Å². The highest BCUT2D eigenvalue weighted by Crippen LogP contribution is 2.28. The summed E-state index contributed by atoms with van der Waals surface area (Å²) in [4.78, 5) is 10.8. The maximum absolute atomic E-state index is 5.68. The largest absolute Gasteiger partial charge is 0.379 e. The molecule has 0 unspecified atom stereocenters. The van der Waals surface area contributed by atoms with Crippen LogP contribution in [0.1, 0.15) is 19.8 Å². The Labute approximate surface area is 150 Å². The number of aromatic nitrogens is 2. The standard InChI is InChI=1S/C15H27N5O.HI/c1-3-17-15(18-7-9-20-8-6-16-13-20)19(2)10-11-21-12-14-4-5-14;/h6,8,13-14H,3-5,7,9-12H2,1-2H3,(H,17,18);1H. The van der Waals surface area contributed by atoms with Gasteiger partial charge in [-0.05, 0) is 25.7 Å². The van der Waals surface area contributed by atoms with Gasteiger partial charge in [0.05, 0.1) is 19.5 Å². The number of guanidine groups is 1. The maximum atomic E-state index is 5.68. The normalized spacial score (nSPS) is 14.5. The Hall–Kier alpha value is -0.830. The number of hydrogen-bond acceptors (Lipinski definition) is 3. The van der Waals surface area contributed by atoms with Crippen molar-refractivity contribution in [1.29, 1.82) is 0 Å². The molecule has 6 nitrogen and oxygen atoms in total. The predicted octanol–water partition coefficient (Wildman–Crippen LogP) is 1.82. The van der Waals surface area contributed by atoms with E-state index < -0.39 is 0 Å². The first kappa shape index (κ1) is 19.2. The first-order chi connectivity index (χ1) is 10.3. The maximum Gasteiger partial charge on any atom is 0.193 e. The van der Waals surface area contributed by atoms with Crippen molar-refractivity contribution in [3.8, 4) is 0 Å². The molecular weight excluding hydrogens is 393 g/mol. The Morgan fingerprint density at radius 2 is 2.32 bits per heavy atom. The third-order valence-corrected chi connectivity index (χ3v) is 3.50. The molecule has 0 bridgehead atoms. The molecule has 0 amide bonds. The monoisotopic (exact) mass is 421 g/mol. The van der Waals surface area contributed by atoms with E-state index in [1.54, 1.807) is 6.20 Å². The number of halogens is 1. The minimum atomic E-state index is 0. The van der Waals surface area contributed by atoms with E-state index in [1.165, 1.54) is 12.8 Å². The lowest BCUT2D eigenvalue weighted by Gasteiger charge is -2.22. The number of nitrogens with zero attached hydrogens (tertiary/aromatic N) is 4. The summed E-state index contributed by atoms with van der Waals surface area (Å²) < 4.78 is 7.72. The van der Waals surface area contributed by atoms with Crippen molar-refractivity contribution in [2.45, 2.75) is 26.3 Å². The summed E-state index contributed by atoms with van der Waals surface area (Å²) in [6.45, 7) is 7.09. The molecule has 2 rings (SSSR count). The quantitative estimate of drug-likeness (QED) is 0.286. The van der Waals surface area contributed by atoms with Gasteiger partial charge in [-0.3, -0.25) is 4.99 Å². The summed E-state index contributed by atoms with van der Waals surface area (Å²) >= 11 is 0. The molecular formula is C15H28IN5O. The van der Waals surface area contributed by atoms with Gasteiger partial charge >= 0.3 is 0 Å². The third-order valence-electron chi connectivity index (χ3n) is 3.50. The van der Waals surface area contributed by atoms with Crippen LogP contribution in [-0.4, -0.2) is 60.3 Å². The van der Waals surface area contributed by atoms with Crippen LogP contribution in [0, 0.1) is 5.92 Å². The zero-order valence-electron chi connectivity index (χ0n) is 13.6. The van der Waals surface area contributed by atoms with Crippen LogP contribution < -0.4 is 5.32 Å². The smallest absolute Gasteiger partial charge is 0.193 e. The lowest BCUT2D eigenvalue weighted by molar-refractivity contribution is 0.115. The van der Waals surface area contributed by atoms with Crippen LogP contribution in [0.5, 0.6) is 0 Å². The lowest BCUT2D eigenvalue weighted by atomic mass is 10.5. The van der Waals surface area contributed by atoms with E-state index in [4.69, 9.17) is 4.74 Å². The van der Waals surface area contributed by atoms with E-state index in [1.807, 2.05) is 17.1 Å². The minimum Gasteiger partial charge on any atom is -0.379 e. The van der Waals surface area contributed by atoms with Crippen LogP contribution in [0.3, 0.4) is 0 Å². The molecule has 22 heavy (non-hydrogen) atoms. The molecule has 1 heterocycles. The number of imidazole rings is 1. The lowest BCUT2D eigenvalue weighted by Crippen LogP contribution is -2.40. The van der Waals surface area contributed by atoms with Crippen molar-refractivity contribution in [2.75, 3.05) is 39.9 Å². The van der Waals surface area contributed by atoms with E-state index in [9.17, 15) is 0 Å². The molecule has 0 saturated heterocycles. The number of aliphatic imine (C=N–C) groups is 1. The number of rotatable bonds is 9. The summed E-state index contributed by atoms with van der Waals surface area (Å²) in [5, 5.41) is 3.32. The van der Waals surface area contributed by atoms with Gasteiger partial charge in [0.1, 0.15) is 0 Å². The molecule has 0 aromatic carbocycles. The Bertz CT molecular complexity index is 420. The second-order valence-electron chi connectivity index (χ2n) is 5.48. The van der Waals surface area contributed by atoms with Gasteiger partial charge in [0.2, 0.25) is 0 Å². The summed E-state index contributed by atoms with van der Waals surface area (Å²) in [7, 11) is 2.05. The van der Waals surface area contributed by atoms with Gasteiger partial charge in [0.25, 0.3) is 0 Å². The van der Waals surface area contributed by atoms with Crippen LogP contribution in [0.4, 0.5) is 0 Å². The molecule has 1 aromatic heterocycles. The first-order valence-electron chi connectivity index (χ1n) is 7.82. The summed E-state index contributed by atoms with van der Waals surface area (Å²) in [5.41, 5.74) is 0. The summed E-state index contributed by atoms with van der Waals surface area (Å²) in [6.07, 6.45) is 8.25. The van der Waals surface area contributed by atoms with E-state index in [0.717, 1.165) is 51.3 Å². The third kappa shape index (κ3) is 7.44. The van der Waals surface area contributed by atoms with E-state index in [-0.39, 0.29) is 24.0 Å². The minimum absolute atomic E-state index is 0. The van der Waals surface area contributed by atoms with E-state index in [2.05, 4.69) is 34.2 Å².